The number of para-hydroxylation sites is 1. The van der Waals surface area contributed by atoms with E-state index in [-0.39, 0.29) is 28.8 Å². The van der Waals surface area contributed by atoms with Crippen LogP contribution in [0.1, 0.15) is 46.7 Å². The molecule has 1 unspecified atom stereocenters. The summed E-state index contributed by atoms with van der Waals surface area (Å²) in [7, 11) is 2.88. The summed E-state index contributed by atoms with van der Waals surface area (Å²) < 4.78 is 9.92. The van der Waals surface area contributed by atoms with Gasteiger partial charge in [-0.1, -0.05) is 12.1 Å². The van der Waals surface area contributed by atoms with E-state index in [9.17, 15) is 14.7 Å². The van der Waals surface area contributed by atoms with Gasteiger partial charge >= 0.3 is 5.97 Å². The van der Waals surface area contributed by atoms with Gasteiger partial charge in [0.1, 0.15) is 11.3 Å². The maximum atomic E-state index is 12.6. The molecule has 0 aromatic heterocycles. The molecule has 0 spiro atoms. The lowest BCUT2D eigenvalue weighted by molar-refractivity contribution is -0.116. The number of aromatic hydroxyl groups is 1. The van der Waals surface area contributed by atoms with Gasteiger partial charge < -0.3 is 19.9 Å². The van der Waals surface area contributed by atoms with Crippen LogP contribution in [0.5, 0.6) is 11.5 Å². The van der Waals surface area contributed by atoms with Gasteiger partial charge in [-0.15, -0.1) is 0 Å². The Morgan fingerprint density at radius 2 is 2.04 bits per heavy atom. The maximum absolute atomic E-state index is 12.6. The third kappa shape index (κ3) is 4.05. The zero-order chi connectivity index (χ0) is 19.4. The van der Waals surface area contributed by atoms with Crippen molar-refractivity contribution in [3.63, 3.8) is 0 Å². The summed E-state index contributed by atoms with van der Waals surface area (Å²) in [5.41, 5.74) is 2.61. The van der Waals surface area contributed by atoms with Crippen molar-refractivity contribution >= 4 is 17.6 Å². The Morgan fingerprint density at radius 3 is 2.78 bits per heavy atom. The highest BCUT2D eigenvalue weighted by Crippen LogP contribution is 2.36. The van der Waals surface area contributed by atoms with Crippen molar-refractivity contribution in [1.29, 1.82) is 0 Å². The molecule has 6 nitrogen and oxygen atoms in total. The first-order valence-corrected chi connectivity index (χ1v) is 8.90. The molecule has 27 heavy (non-hydrogen) atoms. The zero-order valence-corrected chi connectivity index (χ0v) is 15.5. The Balaban J connectivity index is 1.74. The lowest BCUT2D eigenvalue weighted by Crippen LogP contribution is -2.19. The highest BCUT2D eigenvalue weighted by molar-refractivity contribution is 5.98. The number of anilines is 1. The first-order valence-electron chi connectivity index (χ1n) is 8.90. The van der Waals surface area contributed by atoms with Gasteiger partial charge in [-0.2, -0.15) is 0 Å². The van der Waals surface area contributed by atoms with Crippen LogP contribution in [-0.4, -0.2) is 31.2 Å². The second-order valence-corrected chi connectivity index (χ2v) is 6.60. The summed E-state index contributed by atoms with van der Waals surface area (Å²) in [6.07, 6.45) is 3.23. The molecule has 1 aliphatic rings. The van der Waals surface area contributed by atoms with Crippen LogP contribution < -0.4 is 10.1 Å². The van der Waals surface area contributed by atoms with Gasteiger partial charge in [0, 0.05) is 6.42 Å². The van der Waals surface area contributed by atoms with E-state index in [4.69, 9.17) is 4.74 Å². The molecule has 6 heteroatoms. The zero-order valence-electron chi connectivity index (χ0n) is 15.5. The number of ether oxygens (including phenoxy) is 2. The van der Waals surface area contributed by atoms with E-state index in [1.165, 1.54) is 24.3 Å². The maximum Gasteiger partial charge on any atom is 0.341 e. The normalized spacial score (nSPS) is 15.6. The largest absolute Gasteiger partial charge is 0.505 e. The number of carbonyl (C=O) groups is 2. The number of hydrogen-bond donors (Lipinski definition) is 2. The number of amides is 1. The molecule has 3 rings (SSSR count). The average molecular weight is 369 g/mol. The molecule has 0 aliphatic heterocycles. The van der Waals surface area contributed by atoms with Gasteiger partial charge in [0.25, 0.3) is 0 Å². The van der Waals surface area contributed by atoms with Gasteiger partial charge in [0.15, 0.2) is 5.75 Å². The van der Waals surface area contributed by atoms with Gasteiger partial charge in [-0.3, -0.25) is 4.79 Å². The van der Waals surface area contributed by atoms with Crippen LogP contribution in [-0.2, 0) is 16.0 Å². The molecular weight excluding hydrogens is 346 g/mol. The van der Waals surface area contributed by atoms with Gasteiger partial charge in [0.05, 0.1) is 19.9 Å². The van der Waals surface area contributed by atoms with Crippen molar-refractivity contribution in [2.75, 3.05) is 19.5 Å². The van der Waals surface area contributed by atoms with Crippen LogP contribution in [0.4, 0.5) is 5.69 Å². The highest BCUT2D eigenvalue weighted by atomic mass is 16.5. The van der Waals surface area contributed by atoms with E-state index in [1.807, 2.05) is 18.2 Å². The molecule has 2 aromatic rings. The fraction of sp³-hybridized carbons (Fsp3) is 0.333. The molecule has 0 heterocycles. The van der Waals surface area contributed by atoms with Crippen LogP contribution in [0.15, 0.2) is 36.4 Å². The van der Waals surface area contributed by atoms with Gasteiger partial charge in [0.2, 0.25) is 5.91 Å². The minimum Gasteiger partial charge on any atom is -0.505 e. The van der Waals surface area contributed by atoms with E-state index in [0.29, 0.717) is 6.42 Å². The Kier molecular flexibility index (Phi) is 5.64. The minimum absolute atomic E-state index is 0.0189. The molecule has 0 fully saturated rings. The molecule has 0 bridgehead atoms. The van der Waals surface area contributed by atoms with Gasteiger partial charge in [-0.05, 0) is 60.6 Å². The van der Waals surface area contributed by atoms with Gasteiger partial charge in [-0.25, -0.2) is 4.79 Å². The SMILES string of the molecule is COC(=O)c1cccc(NC(=O)CC2CCCc3cc(OC)ccc32)c1O. The minimum atomic E-state index is -0.654. The van der Waals surface area contributed by atoms with Crippen molar-refractivity contribution in [2.24, 2.45) is 0 Å². The van der Waals surface area contributed by atoms with E-state index in [2.05, 4.69) is 10.1 Å². The summed E-state index contributed by atoms with van der Waals surface area (Å²) in [5.74, 6) is -0.208. The van der Waals surface area contributed by atoms with Crippen LogP contribution in [0.25, 0.3) is 0 Å². The topological polar surface area (TPSA) is 84.9 Å². The van der Waals surface area contributed by atoms with E-state index in [1.54, 1.807) is 19.2 Å². The molecular formula is C21H23NO5. The predicted octanol–water partition coefficient (Wildman–Crippen LogP) is 3.64. The van der Waals surface area contributed by atoms with Crippen molar-refractivity contribution < 1.29 is 24.2 Å². The monoisotopic (exact) mass is 369 g/mol. The highest BCUT2D eigenvalue weighted by Gasteiger charge is 2.24. The molecule has 2 N–H and O–H groups in total. The number of esters is 1. The van der Waals surface area contributed by atoms with Crippen LogP contribution in [0, 0.1) is 0 Å². The molecule has 1 atom stereocenters. The molecule has 0 saturated carbocycles. The van der Waals surface area contributed by atoms with E-state index < -0.39 is 5.97 Å². The second-order valence-electron chi connectivity index (χ2n) is 6.60. The Bertz CT molecular complexity index is 862. The van der Waals surface area contributed by atoms with Crippen molar-refractivity contribution in [1.82, 2.24) is 0 Å². The number of phenols is 1. The fourth-order valence-corrected chi connectivity index (χ4v) is 3.57. The summed E-state index contributed by atoms with van der Waals surface area (Å²) in [6.45, 7) is 0. The number of benzene rings is 2. The van der Waals surface area contributed by atoms with Crippen LogP contribution in [0.2, 0.25) is 0 Å². The first kappa shape index (κ1) is 18.8. The molecule has 1 aliphatic carbocycles. The van der Waals surface area contributed by atoms with Crippen LogP contribution in [0.3, 0.4) is 0 Å². The number of hydrogen-bond acceptors (Lipinski definition) is 5. The molecule has 1 amide bonds. The number of carbonyl (C=O) groups excluding carboxylic acids is 2. The van der Waals surface area contributed by atoms with Crippen LogP contribution >= 0.6 is 0 Å². The lowest BCUT2D eigenvalue weighted by atomic mass is 9.81. The summed E-state index contributed by atoms with van der Waals surface area (Å²) in [5, 5.41) is 12.9. The first-order chi connectivity index (χ1) is 13.0. The smallest absolute Gasteiger partial charge is 0.341 e. The Morgan fingerprint density at radius 1 is 1.22 bits per heavy atom. The Hall–Kier alpha value is -3.02. The van der Waals surface area contributed by atoms with E-state index in [0.717, 1.165) is 25.0 Å². The summed E-state index contributed by atoms with van der Waals surface area (Å²) in [6, 6.07) is 10.6. The number of fused-ring (bicyclic) bond motifs is 1. The third-order valence-corrected chi connectivity index (χ3v) is 4.94. The summed E-state index contributed by atoms with van der Waals surface area (Å²) >= 11 is 0. The standard InChI is InChI=1S/C21H23NO5/c1-26-15-9-10-16-13(11-15)5-3-6-14(16)12-19(23)22-18-8-4-7-17(20(18)24)21(25)27-2/h4,7-11,14,24H,3,5-6,12H2,1-2H3,(H,22,23). The number of rotatable bonds is 5. The number of phenolic OH excluding ortho intramolecular Hbond substituents is 1. The third-order valence-electron chi connectivity index (χ3n) is 4.94. The average Bonchev–Trinajstić information content (AvgIpc) is 2.68. The fourth-order valence-electron chi connectivity index (χ4n) is 3.57. The van der Waals surface area contributed by atoms with E-state index >= 15 is 0 Å². The molecule has 2 aromatic carbocycles. The molecule has 0 radical (unpaired) electrons. The molecule has 142 valence electrons. The van der Waals surface area contributed by atoms with Crippen molar-refractivity contribution in [2.45, 2.75) is 31.6 Å². The number of methoxy groups -OCH3 is 2. The number of aryl methyl sites for hydroxylation is 1. The second kappa shape index (κ2) is 8.12. The van der Waals surface area contributed by atoms with Crippen molar-refractivity contribution in [3.8, 4) is 11.5 Å². The summed E-state index contributed by atoms with van der Waals surface area (Å²) in [4.78, 5) is 24.2. The number of nitrogens with one attached hydrogen (secondary N) is 1. The van der Waals surface area contributed by atoms with Crippen molar-refractivity contribution in [3.05, 3.63) is 53.1 Å². The Labute approximate surface area is 158 Å². The lowest BCUT2D eigenvalue weighted by Gasteiger charge is -2.25. The predicted molar refractivity (Wildman–Crippen MR) is 101 cm³/mol. The molecule has 0 saturated heterocycles. The quantitative estimate of drug-likeness (QED) is 0.621.